The van der Waals surface area contributed by atoms with Crippen LogP contribution in [0.15, 0.2) is 24.3 Å². The summed E-state index contributed by atoms with van der Waals surface area (Å²) in [4.78, 5) is 25.5. The number of hydrogen-bond acceptors (Lipinski definition) is 2. The number of aliphatic carboxylic acids is 1. The highest BCUT2D eigenvalue weighted by molar-refractivity contribution is 6.03. The quantitative estimate of drug-likeness (QED) is 0.904. The third-order valence-corrected chi connectivity index (χ3v) is 4.22. The lowest BCUT2D eigenvalue weighted by atomic mass is 10.0. The molecule has 1 fully saturated rings. The molecule has 0 saturated heterocycles. The Morgan fingerprint density at radius 2 is 2.00 bits per heavy atom. The second-order valence-corrected chi connectivity index (χ2v) is 5.52. The molecule has 1 N–H and O–H groups in total. The fourth-order valence-electron chi connectivity index (χ4n) is 2.87. The maximum atomic E-state index is 12.6. The van der Waals surface area contributed by atoms with Crippen molar-refractivity contribution in [3.63, 3.8) is 0 Å². The standard InChI is InChI=1S/C15H17NO3/c1-9(10-6-7-10)14(17)16-12-5-3-2-4-11(12)8-13(16)15(18)19/h2-5,9-10,13H,6-8H2,1H3,(H,18,19). The van der Waals surface area contributed by atoms with Crippen molar-refractivity contribution in [3.8, 4) is 0 Å². The molecule has 3 rings (SSSR count). The van der Waals surface area contributed by atoms with Crippen molar-refractivity contribution >= 4 is 17.6 Å². The smallest absolute Gasteiger partial charge is 0.327 e. The van der Waals surface area contributed by atoms with Gasteiger partial charge in [-0.25, -0.2) is 4.79 Å². The van der Waals surface area contributed by atoms with Crippen LogP contribution in [0.3, 0.4) is 0 Å². The number of carboxylic acid groups (broad SMARTS) is 1. The lowest BCUT2D eigenvalue weighted by Crippen LogP contribution is -2.45. The lowest BCUT2D eigenvalue weighted by molar-refractivity contribution is -0.140. The van der Waals surface area contributed by atoms with Crippen LogP contribution >= 0.6 is 0 Å². The predicted octanol–water partition coefficient (Wildman–Crippen LogP) is 2.08. The largest absolute Gasteiger partial charge is 0.480 e. The molecule has 2 atom stereocenters. The number of anilines is 1. The Hall–Kier alpha value is -1.84. The Kier molecular flexibility index (Phi) is 2.81. The van der Waals surface area contributed by atoms with Gasteiger partial charge in [0.15, 0.2) is 0 Å². The topological polar surface area (TPSA) is 57.6 Å². The van der Waals surface area contributed by atoms with Crippen molar-refractivity contribution in [2.75, 3.05) is 4.90 Å². The Morgan fingerprint density at radius 3 is 2.63 bits per heavy atom. The number of fused-ring (bicyclic) bond motifs is 1. The third-order valence-electron chi connectivity index (χ3n) is 4.22. The summed E-state index contributed by atoms with van der Waals surface area (Å²) in [5.74, 6) is -0.602. The molecular formula is C15H17NO3. The Bertz CT molecular complexity index is 536. The number of hydrogen-bond donors (Lipinski definition) is 1. The van der Waals surface area contributed by atoms with E-state index in [0.29, 0.717) is 12.3 Å². The Labute approximate surface area is 112 Å². The molecule has 0 bridgehead atoms. The molecule has 4 heteroatoms. The van der Waals surface area contributed by atoms with Gasteiger partial charge in [-0.15, -0.1) is 0 Å². The number of carboxylic acids is 1. The van der Waals surface area contributed by atoms with Crippen molar-refractivity contribution in [1.82, 2.24) is 0 Å². The van der Waals surface area contributed by atoms with E-state index in [0.717, 1.165) is 24.1 Å². The second-order valence-electron chi connectivity index (χ2n) is 5.52. The summed E-state index contributed by atoms with van der Waals surface area (Å²) in [5.41, 5.74) is 1.72. The zero-order valence-electron chi connectivity index (χ0n) is 10.9. The van der Waals surface area contributed by atoms with Gasteiger partial charge in [0.1, 0.15) is 6.04 Å². The minimum absolute atomic E-state index is 0.0418. The second kappa shape index (κ2) is 4.37. The number of rotatable bonds is 3. The summed E-state index contributed by atoms with van der Waals surface area (Å²) in [6, 6.07) is 6.74. The van der Waals surface area contributed by atoms with Crippen LogP contribution in [0, 0.1) is 11.8 Å². The normalized spacial score (nSPS) is 23.0. The van der Waals surface area contributed by atoms with Crippen molar-refractivity contribution in [2.24, 2.45) is 11.8 Å². The van der Waals surface area contributed by atoms with Crippen LogP contribution in [-0.2, 0) is 16.0 Å². The molecule has 1 aromatic carbocycles. The van der Waals surface area contributed by atoms with Crippen LogP contribution in [0.25, 0.3) is 0 Å². The van der Waals surface area contributed by atoms with E-state index in [1.54, 1.807) is 0 Å². The molecule has 100 valence electrons. The van der Waals surface area contributed by atoms with E-state index in [1.807, 2.05) is 31.2 Å². The van der Waals surface area contributed by atoms with Crippen LogP contribution in [0.5, 0.6) is 0 Å². The Morgan fingerprint density at radius 1 is 1.32 bits per heavy atom. The summed E-state index contributed by atoms with van der Waals surface area (Å²) in [5, 5.41) is 9.35. The van der Waals surface area contributed by atoms with Gasteiger partial charge in [-0.3, -0.25) is 9.69 Å². The van der Waals surface area contributed by atoms with Crippen LogP contribution < -0.4 is 4.90 Å². The molecule has 1 aromatic rings. The number of benzene rings is 1. The average molecular weight is 259 g/mol. The number of carbonyl (C=O) groups excluding carboxylic acids is 1. The summed E-state index contributed by atoms with van der Waals surface area (Å²) < 4.78 is 0. The van der Waals surface area contributed by atoms with E-state index in [9.17, 15) is 14.7 Å². The van der Waals surface area contributed by atoms with Crippen molar-refractivity contribution in [1.29, 1.82) is 0 Å². The van der Waals surface area contributed by atoms with E-state index in [1.165, 1.54) is 4.90 Å². The highest BCUT2D eigenvalue weighted by atomic mass is 16.4. The highest BCUT2D eigenvalue weighted by Gasteiger charge is 2.43. The molecule has 1 heterocycles. The first kappa shape index (κ1) is 12.2. The first-order valence-corrected chi connectivity index (χ1v) is 6.73. The van der Waals surface area contributed by atoms with Gasteiger partial charge < -0.3 is 5.11 Å². The molecule has 0 aromatic heterocycles. The summed E-state index contributed by atoms with van der Waals surface area (Å²) in [6.45, 7) is 1.92. The van der Waals surface area contributed by atoms with Crippen molar-refractivity contribution < 1.29 is 14.7 Å². The molecular weight excluding hydrogens is 242 g/mol. The summed E-state index contributed by atoms with van der Waals surface area (Å²) >= 11 is 0. The molecule has 1 saturated carbocycles. The molecule has 19 heavy (non-hydrogen) atoms. The fourth-order valence-corrected chi connectivity index (χ4v) is 2.87. The first-order valence-electron chi connectivity index (χ1n) is 6.73. The lowest BCUT2D eigenvalue weighted by Gasteiger charge is -2.25. The third kappa shape index (κ3) is 2.01. The highest BCUT2D eigenvalue weighted by Crippen LogP contribution is 2.40. The van der Waals surface area contributed by atoms with Gasteiger partial charge in [-0.05, 0) is 30.4 Å². The van der Waals surface area contributed by atoms with E-state index >= 15 is 0 Å². The van der Waals surface area contributed by atoms with Gasteiger partial charge in [0.25, 0.3) is 0 Å². The van der Waals surface area contributed by atoms with Crippen LogP contribution in [0.2, 0.25) is 0 Å². The molecule has 1 aliphatic carbocycles. The zero-order chi connectivity index (χ0) is 13.6. The molecule has 1 aliphatic heterocycles. The van der Waals surface area contributed by atoms with Crippen LogP contribution in [-0.4, -0.2) is 23.0 Å². The van der Waals surface area contributed by atoms with Gasteiger partial charge in [0.05, 0.1) is 0 Å². The minimum atomic E-state index is -0.924. The predicted molar refractivity (Wildman–Crippen MR) is 70.9 cm³/mol. The minimum Gasteiger partial charge on any atom is -0.480 e. The molecule has 4 nitrogen and oxygen atoms in total. The van der Waals surface area contributed by atoms with Gasteiger partial charge >= 0.3 is 5.97 Å². The molecule has 1 amide bonds. The summed E-state index contributed by atoms with van der Waals surface area (Å²) in [6.07, 6.45) is 2.58. The van der Waals surface area contributed by atoms with E-state index in [4.69, 9.17) is 0 Å². The van der Waals surface area contributed by atoms with Crippen molar-refractivity contribution in [3.05, 3.63) is 29.8 Å². The fraction of sp³-hybridized carbons (Fsp3) is 0.467. The molecule has 2 unspecified atom stereocenters. The zero-order valence-corrected chi connectivity index (χ0v) is 10.9. The van der Waals surface area contributed by atoms with Crippen LogP contribution in [0.4, 0.5) is 5.69 Å². The number of para-hydroxylation sites is 1. The van der Waals surface area contributed by atoms with Crippen molar-refractivity contribution in [2.45, 2.75) is 32.2 Å². The van der Waals surface area contributed by atoms with Gasteiger partial charge in [-0.1, -0.05) is 25.1 Å². The molecule has 0 radical (unpaired) electrons. The maximum absolute atomic E-state index is 12.6. The van der Waals surface area contributed by atoms with Gasteiger partial charge in [0, 0.05) is 18.0 Å². The maximum Gasteiger partial charge on any atom is 0.327 e. The SMILES string of the molecule is CC(C(=O)N1c2ccccc2CC1C(=O)O)C1CC1. The van der Waals surface area contributed by atoms with Gasteiger partial charge in [0.2, 0.25) is 5.91 Å². The summed E-state index contributed by atoms with van der Waals surface area (Å²) in [7, 11) is 0. The van der Waals surface area contributed by atoms with Gasteiger partial charge in [-0.2, -0.15) is 0 Å². The number of amides is 1. The van der Waals surface area contributed by atoms with Crippen LogP contribution in [0.1, 0.15) is 25.3 Å². The molecule has 2 aliphatic rings. The van der Waals surface area contributed by atoms with E-state index < -0.39 is 12.0 Å². The Balaban J connectivity index is 1.95. The van der Waals surface area contributed by atoms with E-state index in [2.05, 4.69) is 0 Å². The monoisotopic (exact) mass is 259 g/mol. The van der Waals surface area contributed by atoms with E-state index in [-0.39, 0.29) is 11.8 Å². The molecule has 0 spiro atoms. The first-order chi connectivity index (χ1) is 9.09. The number of nitrogens with zero attached hydrogens (tertiary/aromatic N) is 1. The average Bonchev–Trinajstić information content (AvgIpc) is 3.16. The number of carbonyl (C=O) groups is 2.